The Hall–Kier alpha value is -10.5. The number of hydrogen-bond acceptors (Lipinski definition) is 12. The summed E-state index contributed by atoms with van der Waals surface area (Å²) in [4.78, 5) is -0.238. The molecule has 0 aliphatic rings. The molecule has 0 aliphatic carbocycles. The van der Waals surface area contributed by atoms with E-state index in [1.54, 1.807) is 31.2 Å². The third-order valence-corrected chi connectivity index (χ3v) is 18.8. The van der Waals surface area contributed by atoms with Crippen molar-refractivity contribution in [3.63, 3.8) is 0 Å². The van der Waals surface area contributed by atoms with Crippen LogP contribution in [0.15, 0.2) is 250 Å². The van der Waals surface area contributed by atoms with Crippen LogP contribution in [0.25, 0.3) is 0 Å². The van der Waals surface area contributed by atoms with Crippen LogP contribution in [0.2, 0.25) is 0 Å². The molecule has 0 saturated heterocycles. The van der Waals surface area contributed by atoms with Gasteiger partial charge in [0.1, 0.15) is 91.8 Å². The van der Waals surface area contributed by atoms with Crippen LogP contribution in [0.4, 0.5) is 26.3 Å². The Balaban J connectivity index is 0.756. The minimum Gasteiger partial charge on any atom is -0.497 e. The van der Waals surface area contributed by atoms with E-state index in [2.05, 4.69) is 6.07 Å². The smallest absolute Gasteiger partial charge is 0.402 e. The first-order valence-corrected chi connectivity index (χ1v) is 30.2. The maximum atomic E-state index is 15.2. The molecule has 2 atom stereocenters. The maximum Gasteiger partial charge on any atom is 0.402 e. The van der Waals surface area contributed by atoms with Crippen LogP contribution in [0.3, 0.4) is 0 Å². The van der Waals surface area contributed by atoms with Gasteiger partial charge in [0, 0.05) is 0 Å². The molecule has 90 heavy (non-hydrogen) atoms. The zero-order chi connectivity index (χ0) is 64.2. The molecule has 0 N–H and O–H groups in total. The second-order valence-electron chi connectivity index (χ2n) is 20.8. The lowest BCUT2D eigenvalue weighted by Crippen LogP contribution is -2.40. The highest BCUT2D eigenvalue weighted by molar-refractivity contribution is 7.91. The predicted octanol–water partition coefficient (Wildman–Crippen LogP) is 18.1. The molecule has 0 amide bonds. The van der Waals surface area contributed by atoms with E-state index in [0.29, 0.717) is 22.8 Å². The molecule has 0 heterocycles. The van der Waals surface area contributed by atoms with E-state index >= 15 is 13.2 Å². The first-order chi connectivity index (χ1) is 42.8. The number of halogens is 6. The number of hydrogen-bond donors (Lipinski definition) is 0. The van der Waals surface area contributed by atoms with Crippen LogP contribution in [-0.2, 0) is 30.5 Å². The molecule has 0 aliphatic heterocycles. The summed E-state index contributed by atoms with van der Waals surface area (Å²) >= 11 is 0. The van der Waals surface area contributed by atoms with E-state index in [1.165, 1.54) is 213 Å². The summed E-state index contributed by atoms with van der Waals surface area (Å²) in [6.45, 7) is 3.90. The highest BCUT2D eigenvalue weighted by Gasteiger charge is 2.54. The lowest BCUT2D eigenvalue weighted by Gasteiger charge is -2.33. The van der Waals surface area contributed by atoms with Crippen molar-refractivity contribution in [2.24, 2.45) is 0 Å². The van der Waals surface area contributed by atoms with E-state index in [0.717, 1.165) is 19.4 Å². The van der Waals surface area contributed by atoms with Crippen molar-refractivity contribution in [3.8, 4) is 75.4 Å². The fraction of sp³-hybridized carbons (Fsp3) is 0.114. The quantitative estimate of drug-likeness (QED) is 0.0703. The average molecular weight is 1260 g/mol. The molecule has 0 fully saturated rings. The SMILES string of the molecule is COc1ccc(C(C)(c2ccc(Oc3ccc(S(=O)(=O)c4ccc(Oc5ccc(C(C)(c6ccc(Oc7cccc(Oc8ccc(S(=O)(=O)c9ccc(Oc%10cccc(C)c%10C#N)cc9)cc8)c7C#N)cc6)C(F)(F)F)cc5)cc4)cc3)cc2)C(F)(F)F)cc1. The average Bonchev–Trinajstić information content (AvgIpc) is 0.922. The number of nitrogens with zero attached hydrogens (tertiary/aromatic N) is 2. The van der Waals surface area contributed by atoms with Crippen molar-refractivity contribution < 1.29 is 71.6 Å². The molecule has 0 aromatic heterocycles. The number of alkyl halides is 6. The largest absolute Gasteiger partial charge is 0.497 e. The van der Waals surface area contributed by atoms with Gasteiger partial charge in [-0.2, -0.15) is 36.9 Å². The molecule has 10 aromatic carbocycles. The molecule has 0 bridgehead atoms. The molecular formula is C70H50F6N2O10S2. The van der Waals surface area contributed by atoms with E-state index in [9.17, 15) is 40.5 Å². The summed E-state index contributed by atoms with van der Waals surface area (Å²) in [7, 11) is -6.66. The Labute approximate surface area is 514 Å². The maximum absolute atomic E-state index is 15.2. The van der Waals surface area contributed by atoms with E-state index in [4.69, 9.17) is 28.4 Å². The number of ether oxygens (including phenoxy) is 6. The van der Waals surface area contributed by atoms with Crippen molar-refractivity contribution in [2.45, 2.75) is 63.5 Å². The van der Waals surface area contributed by atoms with Crippen molar-refractivity contribution in [1.82, 2.24) is 0 Å². The lowest BCUT2D eigenvalue weighted by molar-refractivity contribution is -0.173. The zero-order valence-corrected chi connectivity index (χ0v) is 49.6. The second kappa shape index (κ2) is 24.9. The molecule has 0 spiro atoms. The van der Waals surface area contributed by atoms with E-state index in [1.807, 2.05) is 6.07 Å². The van der Waals surface area contributed by atoms with Crippen LogP contribution in [0.5, 0.6) is 63.2 Å². The summed E-state index contributed by atoms with van der Waals surface area (Å²) < 4.78 is 179. The normalized spacial score (nSPS) is 13.1. The first kappa shape index (κ1) is 62.5. The van der Waals surface area contributed by atoms with Gasteiger partial charge in [-0.25, -0.2) is 16.8 Å². The molecule has 454 valence electrons. The fourth-order valence-electron chi connectivity index (χ4n) is 9.81. The van der Waals surface area contributed by atoms with Crippen LogP contribution < -0.4 is 28.4 Å². The molecule has 0 saturated carbocycles. The summed E-state index contributed by atoms with van der Waals surface area (Å²) in [5, 5.41) is 19.8. The van der Waals surface area contributed by atoms with Crippen LogP contribution in [0, 0.1) is 29.6 Å². The summed E-state index contributed by atoms with van der Waals surface area (Å²) in [5.74, 6) is 2.22. The van der Waals surface area contributed by atoms with Crippen LogP contribution >= 0.6 is 0 Å². The van der Waals surface area contributed by atoms with E-state index < -0.39 is 42.9 Å². The minimum atomic E-state index is -4.81. The Morgan fingerprint density at radius 2 is 0.567 bits per heavy atom. The Morgan fingerprint density at radius 3 is 0.822 bits per heavy atom. The lowest BCUT2D eigenvalue weighted by atomic mass is 9.75. The van der Waals surface area contributed by atoms with Gasteiger partial charge in [0.2, 0.25) is 19.7 Å². The molecule has 12 nitrogen and oxygen atoms in total. The van der Waals surface area contributed by atoms with E-state index in [-0.39, 0.29) is 93.4 Å². The van der Waals surface area contributed by atoms with Gasteiger partial charge in [-0.05, 0) is 212 Å². The van der Waals surface area contributed by atoms with Gasteiger partial charge in [-0.1, -0.05) is 66.7 Å². The van der Waals surface area contributed by atoms with Crippen LogP contribution in [-0.4, -0.2) is 36.3 Å². The number of sulfone groups is 2. The van der Waals surface area contributed by atoms with Crippen molar-refractivity contribution in [3.05, 3.63) is 269 Å². The van der Waals surface area contributed by atoms with Gasteiger partial charge in [0.15, 0.2) is 0 Å². The monoisotopic (exact) mass is 1260 g/mol. The van der Waals surface area contributed by atoms with Gasteiger partial charge >= 0.3 is 12.4 Å². The predicted molar refractivity (Wildman–Crippen MR) is 321 cm³/mol. The van der Waals surface area contributed by atoms with Crippen LogP contribution in [0.1, 0.15) is 52.8 Å². The summed E-state index contributed by atoms with van der Waals surface area (Å²) in [6.07, 6.45) is -9.45. The van der Waals surface area contributed by atoms with Gasteiger partial charge in [0.05, 0.1) is 32.3 Å². The molecule has 2 unspecified atom stereocenters. The van der Waals surface area contributed by atoms with Gasteiger partial charge in [0.25, 0.3) is 0 Å². The first-order valence-electron chi connectivity index (χ1n) is 27.3. The standard InChI is InChI=1S/C70H50F6N2O10S2/c1-45-7-5-8-64(62(45)43-77)86-56-31-39-60(40-32-56)90(81,82)61-41-33-57(34-42-61)88-66-10-6-9-65(63(66)44-78)87-55-25-17-49(18-26-55)68(3,70(74,75)76)48-15-23-52(24-16-48)85-54-29-37-59(38-30-54)89(79,80)58-35-27-53(28-36-58)84-51-21-13-47(14-22-51)67(2,69(71,72)73)46-11-19-50(83-4)20-12-46/h5-42H,1-4H3. The number of methoxy groups -OCH3 is 1. The van der Waals surface area contributed by atoms with Crippen molar-refractivity contribution in [2.75, 3.05) is 7.11 Å². The Morgan fingerprint density at radius 1 is 0.333 bits per heavy atom. The summed E-state index contributed by atoms with van der Waals surface area (Å²) in [5.41, 5.74) is -4.13. The molecular weight excluding hydrogens is 1210 g/mol. The number of aryl methyl sites for hydroxylation is 1. The minimum absolute atomic E-state index is 0.0149. The number of rotatable bonds is 19. The number of benzene rings is 10. The highest BCUT2D eigenvalue weighted by atomic mass is 32.2. The summed E-state index contributed by atoms with van der Waals surface area (Å²) in [6, 6.07) is 57.5. The number of nitriles is 2. The van der Waals surface area contributed by atoms with Crippen molar-refractivity contribution >= 4 is 19.7 Å². The van der Waals surface area contributed by atoms with Gasteiger partial charge in [-0.15, -0.1) is 0 Å². The van der Waals surface area contributed by atoms with Crippen molar-refractivity contribution in [1.29, 1.82) is 10.5 Å². The molecule has 20 heteroatoms. The molecule has 10 rings (SSSR count). The molecule has 10 aromatic rings. The van der Waals surface area contributed by atoms with Gasteiger partial charge < -0.3 is 28.4 Å². The third kappa shape index (κ3) is 12.6. The topological polar surface area (TPSA) is 171 Å². The Bertz CT molecular complexity index is 4560. The second-order valence-corrected chi connectivity index (χ2v) is 24.7. The Kier molecular flexibility index (Phi) is 17.3. The van der Waals surface area contributed by atoms with Gasteiger partial charge in [-0.3, -0.25) is 0 Å². The third-order valence-electron chi connectivity index (χ3n) is 15.2. The highest BCUT2D eigenvalue weighted by Crippen LogP contribution is 2.49. The zero-order valence-electron chi connectivity index (χ0n) is 48.0. The molecule has 0 radical (unpaired) electrons. The fourth-order valence-corrected chi connectivity index (χ4v) is 12.3.